The van der Waals surface area contributed by atoms with Crippen LogP contribution < -0.4 is 20.7 Å². The molecule has 1 fully saturated rings. The summed E-state index contributed by atoms with van der Waals surface area (Å²) in [5.41, 5.74) is 6.19. The second-order valence-corrected chi connectivity index (χ2v) is 6.88. The van der Waals surface area contributed by atoms with Gasteiger partial charge in [0.1, 0.15) is 36.9 Å². The maximum Gasteiger partial charge on any atom is 0.416 e. The number of aromatic nitrogens is 2. The van der Waals surface area contributed by atoms with Gasteiger partial charge in [-0.05, 0) is 19.1 Å². The lowest BCUT2D eigenvalue weighted by molar-refractivity contribution is -0.118. The molecular formula is C18H18F3N5O4. The average molecular weight is 425 g/mol. The Bertz CT molecular complexity index is 1010. The lowest BCUT2D eigenvalue weighted by Crippen LogP contribution is -2.39. The molecule has 1 aromatic carbocycles. The SMILES string of the molecule is CC(Nc1ccc2c(c1)OCCn1c-2nc(N2C(=O)OC[C@H]2C(F)F)c1F)C(N)=O. The largest absolute Gasteiger partial charge is 0.491 e. The Labute approximate surface area is 168 Å². The van der Waals surface area contributed by atoms with Gasteiger partial charge in [0.05, 0.1) is 12.1 Å². The first-order valence-corrected chi connectivity index (χ1v) is 9.11. The van der Waals surface area contributed by atoms with Crippen molar-refractivity contribution in [2.24, 2.45) is 5.73 Å². The number of ether oxygens (including phenoxy) is 2. The molecule has 1 aromatic heterocycles. The van der Waals surface area contributed by atoms with Crippen LogP contribution >= 0.6 is 0 Å². The lowest BCUT2D eigenvalue weighted by atomic mass is 10.1. The first-order chi connectivity index (χ1) is 14.3. The Morgan fingerprint density at radius 2 is 2.13 bits per heavy atom. The molecule has 30 heavy (non-hydrogen) atoms. The number of hydrogen-bond acceptors (Lipinski definition) is 6. The number of cyclic esters (lactones) is 1. The van der Waals surface area contributed by atoms with E-state index in [1.165, 1.54) is 0 Å². The molecule has 12 heteroatoms. The van der Waals surface area contributed by atoms with E-state index in [1.54, 1.807) is 25.1 Å². The molecule has 2 atom stereocenters. The number of halogens is 3. The zero-order valence-electron chi connectivity index (χ0n) is 15.8. The van der Waals surface area contributed by atoms with Crippen LogP contribution in [0.25, 0.3) is 11.4 Å². The molecule has 1 saturated heterocycles. The number of amides is 2. The Balaban J connectivity index is 1.74. The van der Waals surface area contributed by atoms with Crippen LogP contribution in [0.5, 0.6) is 5.75 Å². The second-order valence-electron chi connectivity index (χ2n) is 6.88. The van der Waals surface area contributed by atoms with Gasteiger partial charge in [-0.3, -0.25) is 9.36 Å². The number of alkyl halides is 2. The van der Waals surface area contributed by atoms with E-state index >= 15 is 4.39 Å². The number of nitrogens with two attached hydrogens (primary N) is 1. The highest BCUT2D eigenvalue weighted by Gasteiger charge is 2.44. The molecule has 0 saturated carbocycles. The number of carbonyl (C=O) groups excluding carboxylic acids is 2. The van der Waals surface area contributed by atoms with Gasteiger partial charge in [-0.2, -0.15) is 4.39 Å². The molecule has 2 aromatic rings. The number of carbonyl (C=O) groups is 2. The van der Waals surface area contributed by atoms with Crippen LogP contribution in [-0.4, -0.2) is 53.3 Å². The van der Waals surface area contributed by atoms with Crippen LogP contribution in [-0.2, 0) is 16.1 Å². The summed E-state index contributed by atoms with van der Waals surface area (Å²) in [6.07, 6.45) is -4.00. The van der Waals surface area contributed by atoms with Gasteiger partial charge < -0.3 is 20.5 Å². The highest BCUT2D eigenvalue weighted by molar-refractivity contribution is 5.90. The van der Waals surface area contributed by atoms with Gasteiger partial charge >= 0.3 is 6.09 Å². The van der Waals surface area contributed by atoms with Crippen molar-refractivity contribution >= 4 is 23.5 Å². The summed E-state index contributed by atoms with van der Waals surface area (Å²) in [4.78, 5) is 27.9. The molecular weight excluding hydrogens is 407 g/mol. The fraction of sp³-hybridized carbons (Fsp3) is 0.389. The standard InChI is InChI=1S/C18H18F3N5O4/c1-8(15(22)27)23-9-2-3-10-12(6-9)29-5-4-25-14(21)17(24-16(10)25)26-11(13(19)20)7-30-18(26)28/h2-3,6,8,11,13,23H,4-5,7H2,1H3,(H2,22,27)/t8?,11-/m0/s1. The molecule has 0 bridgehead atoms. The van der Waals surface area contributed by atoms with Crippen molar-refractivity contribution in [1.82, 2.24) is 9.55 Å². The van der Waals surface area contributed by atoms with Crippen LogP contribution in [0.4, 0.5) is 29.5 Å². The van der Waals surface area contributed by atoms with Crippen LogP contribution in [0.3, 0.4) is 0 Å². The summed E-state index contributed by atoms with van der Waals surface area (Å²) in [5, 5.41) is 2.91. The van der Waals surface area contributed by atoms with Crippen molar-refractivity contribution in [3.8, 4) is 17.1 Å². The monoisotopic (exact) mass is 425 g/mol. The Morgan fingerprint density at radius 1 is 1.37 bits per heavy atom. The number of primary amides is 1. The molecule has 2 aliphatic heterocycles. The number of nitrogens with zero attached hydrogens (tertiary/aromatic N) is 3. The van der Waals surface area contributed by atoms with Crippen LogP contribution in [0, 0.1) is 5.95 Å². The third kappa shape index (κ3) is 3.27. The Kier molecular flexibility index (Phi) is 4.92. The average Bonchev–Trinajstić information content (AvgIpc) is 3.16. The molecule has 0 aliphatic carbocycles. The number of fused-ring (bicyclic) bond motifs is 3. The number of nitrogens with one attached hydrogen (secondary N) is 1. The van der Waals surface area contributed by atoms with E-state index in [4.69, 9.17) is 10.5 Å². The fourth-order valence-corrected chi connectivity index (χ4v) is 3.33. The minimum absolute atomic E-state index is 0.0472. The molecule has 3 N–H and O–H groups in total. The second kappa shape index (κ2) is 7.43. The quantitative estimate of drug-likeness (QED) is 0.758. The summed E-state index contributed by atoms with van der Waals surface area (Å²) >= 11 is 0. The molecule has 3 heterocycles. The fourth-order valence-electron chi connectivity index (χ4n) is 3.33. The number of benzene rings is 1. The van der Waals surface area contributed by atoms with Crippen molar-refractivity contribution in [2.75, 3.05) is 23.4 Å². The third-order valence-electron chi connectivity index (χ3n) is 4.92. The van der Waals surface area contributed by atoms with E-state index in [2.05, 4.69) is 15.0 Å². The molecule has 2 aliphatic rings. The van der Waals surface area contributed by atoms with Crippen LogP contribution in [0.2, 0.25) is 0 Å². The number of anilines is 2. The first kappa shape index (κ1) is 19.9. The van der Waals surface area contributed by atoms with Gasteiger partial charge in [-0.25, -0.2) is 23.5 Å². The van der Waals surface area contributed by atoms with Gasteiger partial charge in [-0.1, -0.05) is 0 Å². The summed E-state index contributed by atoms with van der Waals surface area (Å²) in [6.45, 7) is 1.17. The van der Waals surface area contributed by atoms with E-state index < -0.39 is 48.9 Å². The van der Waals surface area contributed by atoms with E-state index in [1.807, 2.05) is 0 Å². The minimum Gasteiger partial charge on any atom is -0.491 e. The van der Waals surface area contributed by atoms with Gasteiger partial charge in [0.25, 0.3) is 6.43 Å². The normalized spacial score (nSPS) is 18.9. The van der Waals surface area contributed by atoms with Crippen molar-refractivity contribution in [2.45, 2.75) is 32.0 Å². The van der Waals surface area contributed by atoms with E-state index in [0.29, 0.717) is 21.9 Å². The smallest absolute Gasteiger partial charge is 0.416 e. The maximum absolute atomic E-state index is 15.1. The zero-order chi connectivity index (χ0) is 21.6. The zero-order valence-corrected chi connectivity index (χ0v) is 15.8. The van der Waals surface area contributed by atoms with E-state index in [9.17, 15) is 18.4 Å². The van der Waals surface area contributed by atoms with Gasteiger partial charge in [0.15, 0.2) is 5.82 Å². The van der Waals surface area contributed by atoms with Gasteiger partial charge in [-0.15, -0.1) is 0 Å². The summed E-state index contributed by atoms with van der Waals surface area (Å²) in [7, 11) is 0. The van der Waals surface area contributed by atoms with E-state index in [0.717, 1.165) is 4.57 Å². The predicted octanol–water partition coefficient (Wildman–Crippen LogP) is 1.96. The van der Waals surface area contributed by atoms with Crippen molar-refractivity contribution < 1.29 is 32.2 Å². The number of hydrogen-bond donors (Lipinski definition) is 2. The highest BCUT2D eigenvalue weighted by atomic mass is 19.3. The summed E-state index contributed by atoms with van der Waals surface area (Å²) in [6, 6.07) is 2.56. The highest BCUT2D eigenvalue weighted by Crippen LogP contribution is 2.38. The van der Waals surface area contributed by atoms with Crippen LogP contribution in [0.1, 0.15) is 6.92 Å². The predicted molar refractivity (Wildman–Crippen MR) is 99.0 cm³/mol. The minimum atomic E-state index is -2.92. The first-order valence-electron chi connectivity index (χ1n) is 9.11. The lowest BCUT2D eigenvalue weighted by Gasteiger charge is -2.18. The molecule has 160 valence electrons. The van der Waals surface area contributed by atoms with Crippen molar-refractivity contribution in [3.63, 3.8) is 0 Å². The van der Waals surface area contributed by atoms with Crippen molar-refractivity contribution in [1.29, 1.82) is 0 Å². The third-order valence-corrected chi connectivity index (χ3v) is 4.92. The number of rotatable bonds is 5. The van der Waals surface area contributed by atoms with Gasteiger partial charge in [0, 0.05) is 11.8 Å². The number of imidazole rings is 1. The molecule has 4 rings (SSSR count). The Morgan fingerprint density at radius 3 is 2.83 bits per heavy atom. The molecule has 0 spiro atoms. The van der Waals surface area contributed by atoms with Gasteiger partial charge in [0.2, 0.25) is 11.9 Å². The molecule has 2 amide bonds. The molecule has 9 nitrogen and oxygen atoms in total. The molecule has 0 radical (unpaired) electrons. The molecule has 1 unspecified atom stereocenters. The van der Waals surface area contributed by atoms with Crippen molar-refractivity contribution in [3.05, 3.63) is 24.1 Å². The topological polar surface area (TPSA) is 112 Å². The summed E-state index contributed by atoms with van der Waals surface area (Å²) < 4.78 is 53.1. The Hall–Kier alpha value is -3.44. The maximum atomic E-state index is 15.1. The summed E-state index contributed by atoms with van der Waals surface area (Å²) in [5.74, 6) is -1.52. The van der Waals surface area contributed by atoms with E-state index in [-0.39, 0.29) is 19.0 Å². The van der Waals surface area contributed by atoms with Crippen LogP contribution in [0.15, 0.2) is 18.2 Å².